The summed E-state index contributed by atoms with van der Waals surface area (Å²) in [7, 11) is 1.90. The smallest absolute Gasteiger partial charge is 0.253 e. The molecule has 7 heteroatoms. The van der Waals surface area contributed by atoms with Gasteiger partial charge in [0.2, 0.25) is 5.91 Å². The molecule has 0 bridgehead atoms. The van der Waals surface area contributed by atoms with Crippen molar-refractivity contribution < 1.29 is 14.0 Å². The first kappa shape index (κ1) is 20.8. The maximum atomic E-state index is 13.2. The van der Waals surface area contributed by atoms with Gasteiger partial charge in [-0.3, -0.25) is 9.59 Å². The van der Waals surface area contributed by atoms with E-state index in [2.05, 4.69) is 10.3 Å². The average Bonchev–Trinajstić information content (AvgIpc) is 3.23. The predicted octanol–water partition coefficient (Wildman–Crippen LogP) is 3.32. The number of carbonyl (C=O) groups excluding carboxylic acids is 2. The molecule has 2 aromatic carbocycles. The van der Waals surface area contributed by atoms with Crippen LogP contribution in [0.25, 0.3) is 0 Å². The molecule has 1 saturated heterocycles. The van der Waals surface area contributed by atoms with Crippen molar-refractivity contribution in [3.8, 4) is 0 Å². The minimum Gasteiger partial charge on any atom is -0.342 e. The van der Waals surface area contributed by atoms with Gasteiger partial charge in [0, 0.05) is 38.1 Å². The van der Waals surface area contributed by atoms with Crippen molar-refractivity contribution in [2.45, 2.75) is 18.9 Å². The van der Waals surface area contributed by atoms with Crippen molar-refractivity contribution in [1.82, 2.24) is 19.8 Å². The van der Waals surface area contributed by atoms with E-state index in [0.29, 0.717) is 25.1 Å². The number of piperidine rings is 1. The lowest BCUT2D eigenvalue weighted by Crippen LogP contribution is -2.46. The normalized spacial score (nSPS) is 17.2. The lowest BCUT2D eigenvalue weighted by atomic mass is 9.95. The first-order valence-corrected chi connectivity index (χ1v) is 10.4. The van der Waals surface area contributed by atoms with E-state index in [9.17, 15) is 14.0 Å². The summed E-state index contributed by atoms with van der Waals surface area (Å²) < 4.78 is 15.1. The largest absolute Gasteiger partial charge is 0.342 e. The van der Waals surface area contributed by atoms with Gasteiger partial charge in [0.05, 0.1) is 5.92 Å². The van der Waals surface area contributed by atoms with Crippen molar-refractivity contribution in [1.29, 1.82) is 0 Å². The molecule has 2 atom stereocenters. The zero-order valence-electron chi connectivity index (χ0n) is 17.4. The summed E-state index contributed by atoms with van der Waals surface area (Å²) in [6, 6.07) is 14.9. The monoisotopic (exact) mass is 420 g/mol. The Kier molecular flexibility index (Phi) is 6.11. The van der Waals surface area contributed by atoms with Crippen LogP contribution in [0.2, 0.25) is 0 Å². The van der Waals surface area contributed by atoms with E-state index in [0.717, 1.165) is 17.8 Å². The van der Waals surface area contributed by atoms with Gasteiger partial charge >= 0.3 is 0 Å². The lowest BCUT2D eigenvalue weighted by molar-refractivity contribution is -0.126. The molecular weight excluding hydrogens is 395 g/mol. The van der Waals surface area contributed by atoms with Crippen LogP contribution in [0, 0.1) is 11.7 Å². The van der Waals surface area contributed by atoms with Crippen molar-refractivity contribution in [2.24, 2.45) is 13.0 Å². The Morgan fingerprint density at radius 3 is 2.55 bits per heavy atom. The van der Waals surface area contributed by atoms with Crippen LogP contribution in [0.15, 0.2) is 67.0 Å². The summed E-state index contributed by atoms with van der Waals surface area (Å²) in [6.07, 6.45) is 5.01. The van der Waals surface area contributed by atoms with Crippen LogP contribution < -0.4 is 5.32 Å². The SMILES string of the molecule is Cn1ccnc1[C@H](NC(=O)[C@H]1CCCN(C(=O)c2ccc(F)cc2)C1)c1ccccc1. The second-order valence-electron chi connectivity index (χ2n) is 7.85. The molecule has 0 radical (unpaired) electrons. The summed E-state index contributed by atoms with van der Waals surface area (Å²) in [4.78, 5) is 32.1. The number of benzene rings is 2. The van der Waals surface area contributed by atoms with Gasteiger partial charge in [-0.25, -0.2) is 9.37 Å². The average molecular weight is 420 g/mol. The van der Waals surface area contributed by atoms with Gasteiger partial charge in [0.25, 0.3) is 5.91 Å². The Morgan fingerprint density at radius 2 is 1.87 bits per heavy atom. The molecule has 0 spiro atoms. The highest BCUT2D eigenvalue weighted by atomic mass is 19.1. The first-order chi connectivity index (χ1) is 15.0. The van der Waals surface area contributed by atoms with Crippen LogP contribution in [-0.4, -0.2) is 39.4 Å². The van der Waals surface area contributed by atoms with E-state index in [1.54, 1.807) is 11.1 Å². The second-order valence-corrected chi connectivity index (χ2v) is 7.85. The van der Waals surface area contributed by atoms with Crippen LogP contribution >= 0.6 is 0 Å². The first-order valence-electron chi connectivity index (χ1n) is 10.4. The third-order valence-electron chi connectivity index (χ3n) is 5.71. The zero-order valence-corrected chi connectivity index (χ0v) is 17.4. The van der Waals surface area contributed by atoms with Gasteiger partial charge in [-0.15, -0.1) is 0 Å². The van der Waals surface area contributed by atoms with Crippen molar-refractivity contribution in [3.05, 3.63) is 89.8 Å². The molecule has 1 fully saturated rings. The summed E-state index contributed by atoms with van der Waals surface area (Å²) >= 11 is 0. The zero-order chi connectivity index (χ0) is 21.8. The Labute approximate surface area is 180 Å². The number of hydrogen-bond donors (Lipinski definition) is 1. The summed E-state index contributed by atoms with van der Waals surface area (Å²) in [5.74, 6) is -0.234. The predicted molar refractivity (Wildman–Crippen MR) is 115 cm³/mol. The maximum Gasteiger partial charge on any atom is 0.253 e. The molecule has 0 saturated carbocycles. The molecular formula is C24H25FN4O2. The van der Waals surface area contributed by atoms with Gasteiger partial charge in [0.1, 0.15) is 17.7 Å². The highest BCUT2D eigenvalue weighted by molar-refractivity contribution is 5.94. The maximum absolute atomic E-state index is 13.2. The van der Waals surface area contributed by atoms with Gasteiger partial charge in [0.15, 0.2) is 0 Å². The molecule has 0 aliphatic carbocycles. The number of carbonyl (C=O) groups is 2. The molecule has 6 nitrogen and oxygen atoms in total. The quantitative estimate of drug-likeness (QED) is 0.689. The highest BCUT2D eigenvalue weighted by Gasteiger charge is 2.31. The van der Waals surface area contributed by atoms with E-state index in [4.69, 9.17) is 0 Å². The molecule has 2 amide bonds. The number of nitrogens with one attached hydrogen (secondary N) is 1. The fourth-order valence-corrected chi connectivity index (χ4v) is 4.01. The van der Waals surface area contributed by atoms with Crippen LogP contribution in [0.3, 0.4) is 0 Å². The van der Waals surface area contributed by atoms with Crippen molar-refractivity contribution in [3.63, 3.8) is 0 Å². The number of likely N-dealkylation sites (tertiary alicyclic amines) is 1. The van der Waals surface area contributed by atoms with Gasteiger partial charge < -0.3 is 14.8 Å². The van der Waals surface area contributed by atoms with E-state index in [1.807, 2.05) is 48.1 Å². The van der Waals surface area contributed by atoms with Gasteiger partial charge in [-0.05, 0) is 42.7 Å². The molecule has 1 aliphatic heterocycles. The third-order valence-corrected chi connectivity index (χ3v) is 5.71. The minimum absolute atomic E-state index is 0.103. The van der Waals surface area contributed by atoms with E-state index < -0.39 is 0 Å². The number of aromatic nitrogens is 2. The minimum atomic E-state index is -0.381. The van der Waals surface area contributed by atoms with Gasteiger partial charge in [-0.1, -0.05) is 30.3 Å². The number of rotatable bonds is 5. The van der Waals surface area contributed by atoms with Crippen molar-refractivity contribution >= 4 is 11.8 Å². The van der Waals surface area contributed by atoms with Gasteiger partial charge in [-0.2, -0.15) is 0 Å². The van der Waals surface area contributed by atoms with Crippen LogP contribution in [0.5, 0.6) is 0 Å². The summed E-state index contributed by atoms with van der Waals surface area (Å²) in [5.41, 5.74) is 1.37. The van der Waals surface area contributed by atoms with Crippen LogP contribution in [0.4, 0.5) is 4.39 Å². The fourth-order valence-electron chi connectivity index (χ4n) is 4.01. The lowest BCUT2D eigenvalue weighted by Gasteiger charge is -2.33. The number of amides is 2. The molecule has 3 aromatic rings. The Bertz CT molecular complexity index is 1050. The van der Waals surface area contributed by atoms with Crippen LogP contribution in [-0.2, 0) is 11.8 Å². The molecule has 0 unspecified atom stereocenters. The summed E-state index contributed by atoms with van der Waals surface area (Å²) in [6.45, 7) is 0.922. The molecule has 1 aliphatic rings. The van der Waals surface area contributed by atoms with Crippen LogP contribution in [0.1, 0.15) is 40.6 Å². The fraction of sp³-hybridized carbons (Fsp3) is 0.292. The Hall–Kier alpha value is -3.48. The topological polar surface area (TPSA) is 67.2 Å². The van der Waals surface area contributed by atoms with E-state index in [-0.39, 0.29) is 29.6 Å². The highest BCUT2D eigenvalue weighted by Crippen LogP contribution is 2.24. The molecule has 1 aromatic heterocycles. The Morgan fingerprint density at radius 1 is 1.13 bits per heavy atom. The standard InChI is InChI=1S/C24H25FN4O2/c1-28-15-13-26-22(28)21(17-6-3-2-4-7-17)27-23(30)19-8-5-14-29(16-19)24(31)18-9-11-20(25)12-10-18/h2-4,6-7,9-13,15,19,21H,5,8,14,16H2,1H3,(H,27,30)/t19-,21+/m0/s1. The summed E-state index contributed by atoms with van der Waals surface area (Å²) in [5, 5.41) is 3.14. The molecule has 160 valence electrons. The van der Waals surface area contributed by atoms with E-state index >= 15 is 0 Å². The number of nitrogens with zero attached hydrogens (tertiary/aromatic N) is 3. The number of imidazole rings is 1. The van der Waals surface area contributed by atoms with E-state index in [1.165, 1.54) is 24.3 Å². The number of halogens is 1. The molecule has 4 rings (SSSR count). The Balaban J connectivity index is 1.49. The molecule has 31 heavy (non-hydrogen) atoms. The molecule has 2 heterocycles. The number of hydrogen-bond acceptors (Lipinski definition) is 3. The second kappa shape index (κ2) is 9.12. The molecule has 1 N–H and O–H groups in total. The third kappa shape index (κ3) is 4.66. The number of aryl methyl sites for hydroxylation is 1. The van der Waals surface area contributed by atoms with Crippen molar-refractivity contribution in [2.75, 3.05) is 13.1 Å².